The highest BCUT2D eigenvalue weighted by molar-refractivity contribution is 4.80. The van der Waals surface area contributed by atoms with Crippen molar-refractivity contribution in [2.45, 2.75) is 39.2 Å². The van der Waals surface area contributed by atoms with Gasteiger partial charge < -0.3 is 10.5 Å². The van der Waals surface area contributed by atoms with Gasteiger partial charge in [-0.25, -0.2) is 0 Å². The summed E-state index contributed by atoms with van der Waals surface area (Å²) in [6, 6.07) is 0.491. The molecule has 0 aromatic heterocycles. The third kappa shape index (κ3) is 4.04. The number of methoxy groups -OCH3 is 1. The quantitative estimate of drug-likeness (QED) is 0.778. The molecule has 0 spiro atoms. The molecule has 3 atom stereocenters. The highest BCUT2D eigenvalue weighted by atomic mass is 16.5. The molecule has 2 N–H and O–H groups in total. The van der Waals surface area contributed by atoms with Crippen LogP contribution < -0.4 is 5.73 Å². The van der Waals surface area contributed by atoms with Gasteiger partial charge in [0, 0.05) is 19.7 Å². The Morgan fingerprint density at radius 1 is 1.38 bits per heavy atom. The predicted molar refractivity (Wildman–Crippen MR) is 68.5 cm³/mol. The topological polar surface area (TPSA) is 38.5 Å². The number of hydrogen-bond donors (Lipinski definition) is 1. The smallest absolute Gasteiger partial charge is 0.0503 e. The minimum absolute atomic E-state index is 0.491. The van der Waals surface area contributed by atoms with E-state index in [-0.39, 0.29) is 0 Å². The largest absolute Gasteiger partial charge is 0.384 e. The van der Waals surface area contributed by atoms with Crippen LogP contribution in [-0.4, -0.2) is 44.3 Å². The molecule has 0 aromatic rings. The molecule has 3 nitrogen and oxygen atoms in total. The monoisotopic (exact) mass is 228 g/mol. The molecule has 3 heteroatoms. The van der Waals surface area contributed by atoms with E-state index >= 15 is 0 Å². The van der Waals surface area contributed by atoms with Gasteiger partial charge in [0.15, 0.2) is 0 Å². The summed E-state index contributed by atoms with van der Waals surface area (Å²) in [5, 5.41) is 0. The normalized spacial score (nSPS) is 27.4. The Hall–Kier alpha value is -0.120. The Morgan fingerprint density at radius 2 is 2.12 bits per heavy atom. The van der Waals surface area contributed by atoms with Crippen molar-refractivity contribution in [3.05, 3.63) is 0 Å². The zero-order valence-electron chi connectivity index (χ0n) is 11.1. The maximum atomic E-state index is 5.92. The van der Waals surface area contributed by atoms with Crippen LogP contribution in [0.1, 0.15) is 33.1 Å². The van der Waals surface area contributed by atoms with Gasteiger partial charge in [0.2, 0.25) is 0 Å². The van der Waals surface area contributed by atoms with Gasteiger partial charge in [-0.1, -0.05) is 13.8 Å². The van der Waals surface area contributed by atoms with Crippen LogP contribution in [0.4, 0.5) is 0 Å². The van der Waals surface area contributed by atoms with E-state index in [1.807, 2.05) is 0 Å². The van der Waals surface area contributed by atoms with E-state index in [4.69, 9.17) is 10.5 Å². The van der Waals surface area contributed by atoms with E-state index in [2.05, 4.69) is 18.7 Å². The Kier molecular flexibility index (Phi) is 6.32. The zero-order chi connectivity index (χ0) is 12.0. The summed E-state index contributed by atoms with van der Waals surface area (Å²) in [7, 11) is 1.77. The fraction of sp³-hybridized carbons (Fsp3) is 1.00. The van der Waals surface area contributed by atoms with Crippen LogP contribution in [-0.2, 0) is 4.74 Å². The molecular weight excluding hydrogens is 200 g/mol. The van der Waals surface area contributed by atoms with Gasteiger partial charge in [0.25, 0.3) is 0 Å². The van der Waals surface area contributed by atoms with Crippen LogP contribution in [0.3, 0.4) is 0 Å². The lowest BCUT2D eigenvalue weighted by Gasteiger charge is -2.34. The van der Waals surface area contributed by atoms with E-state index in [1.165, 1.54) is 32.4 Å². The van der Waals surface area contributed by atoms with Gasteiger partial charge in [-0.3, -0.25) is 4.90 Å². The molecule has 96 valence electrons. The van der Waals surface area contributed by atoms with Crippen molar-refractivity contribution in [1.82, 2.24) is 4.90 Å². The summed E-state index contributed by atoms with van der Waals surface area (Å²) < 4.78 is 5.25. The predicted octanol–water partition coefficient (Wildman–Crippen LogP) is 1.72. The number of nitrogens with zero attached hydrogens (tertiary/aromatic N) is 1. The van der Waals surface area contributed by atoms with Crippen LogP contribution in [0.25, 0.3) is 0 Å². The van der Waals surface area contributed by atoms with Gasteiger partial charge in [0.1, 0.15) is 0 Å². The molecule has 1 rings (SSSR count). The van der Waals surface area contributed by atoms with Crippen LogP contribution in [0.2, 0.25) is 0 Å². The highest BCUT2D eigenvalue weighted by Gasteiger charge is 2.24. The second-order valence-corrected chi connectivity index (χ2v) is 5.31. The fourth-order valence-electron chi connectivity index (χ4n) is 2.73. The Morgan fingerprint density at radius 3 is 2.75 bits per heavy atom. The van der Waals surface area contributed by atoms with Crippen molar-refractivity contribution in [2.24, 2.45) is 17.6 Å². The molecule has 1 fully saturated rings. The average Bonchev–Trinajstić information content (AvgIpc) is 2.46. The lowest BCUT2D eigenvalue weighted by atomic mass is 10.0. The van der Waals surface area contributed by atoms with E-state index in [0.29, 0.717) is 12.0 Å². The fourth-order valence-corrected chi connectivity index (χ4v) is 2.73. The number of nitrogens with two attached hydrogens (primary N) is 1. The third-order valence-electron chi connectivity index (χ3n) is 3.85. The summed E-state index contributed by atoms with van der Waals surface area (Å²) in [5.74, 6) is 1.41. The van der Waals surface area contributed by atoms with Gasteiger partial charge in [0.05, 0.1) is 6.61 Å². The Bertz CT molecular complexity index is 187. The first-order valence-electron chi connectivity index (χ1n) is 6.62. The lowest BCUT2D eigenvalue weighted by Crippen LogP contribution is -2.46. The van der Waals surface area contributed by atoms with Gasteiger partial charge in [-0.15, -0.1) is 0 Å². The van der Waals surface area contributed by atoms with Crippen molar-refractivity contribution in [2.75, 3.05) is 33.4 Å². The summed E-state index contributed by atoms with van der Waals surface area (Å²) in [6.07, 6.45) is 4.00. The summed E-state index contributed by atoms with van der Waals surface area (Å²) in [4.78, 5) is 2.58. The molecule has 0 bridgehead atoms. The van der Waals surface area contributed by atoms with Crippen LogP contribution in [0.15, 0.2) is 0 Å². The molecular formula is C13H28N2O. The molecule has 3 unspecified atom stereocenters. The van der Waals surface area contributed by atoms with E-state index in [1.54, 1.807) is 7.11 Å². The summed E-state index contributed by atoms with van der Waals surface area (Å²) in [5.41, 5.74) is 5.92. The third-order valence-corrected chi connectivity index (χ3v) is 3.85. The molecule has 1 heterocycles. The second kappa shape index (κ2) is 7.25. The SMILES string of the molecule is COCC(C)C(CN)N1CCCC(C)CC1. The maximum absolute atomic E-state index is 5.92. The molecule has 1 aliphatic rings. The molecule has 0 radical (unpaired) electrons. The molecule has 0 aromatic carbocycles. The van der Waals surface area contributed by atoms with Crippen molar-refractivity contribution in [3.8, 4) is 0 Å². The van der Waals surface area contributed by atoms with E-state index in [9.17, 15) is 0 Å². The minimum atomic E-state index is 0.491. The molecule has 0 amide bonds. The zero-order valence-corrected chi connectivity index (χ0v) is 11.1. The van der Waals surface area contributed by atoms with Crippen molar-refractivity contribution in [3.63, 3.8) is 0 Å². The molecule has 0 saturated carbocycles. The van der Waals surface area contributed by atoms with Crippen molar-refractivity contribution < 1.29 is 4.74 Å². The first-order chi connectivity index (χ1) is 7.69. The second-order valence-electron chi connectivity index (χ2n) is 5.31. The van der Waals surface area contributed by atoms with Crippen LogP contribution in [0.5, 0.6) is 0 Å². The molecule has 1 aliphatic heterocycles. The van der Waals surface area contributed by atoms with Gasteiger partial charge >= 0.3 is 0 Å². The van der Waals surface area contributed by atoms with Crippen molar-refractivity contribution >= 4 is 0 Å². The number of likely N-dealkylation sites (tertiary alicyclic amines) is 1. The van der Waals surface area contributed by atoms with Gasteiger partial charge in [-0.05, 0) is 44.2 Å². The van der Waals surface area contributed by atoms with E-state index < -0.39 is 0 Å². The van der Waals surface area contributed by atoms with Crippen LogP contribution >= 0.6 is 0 Å². The Balaban J connectivity index is 2.50. The lowest BCUT2D eigenvalue weighted by molar-refractivity contribution is 0.0863. The number of ether oxygens (including phenoxy) is 1. The first-order valence-corrected chi connectivity index (χ1v) is 6.62. The standard InChI is InChI=1S/C13H28N2O/c1-11-5-4-7-15(8-6-11)13(9-14)12(2)10-16-3/h11-13H,4-10,14H2,1-3H3. The first kappa shape index (κ1) is 13.9. The average molecular weight is 228 g/mol. The van der Waals surface area contributed by atoms with Crippen LogP contribution in [0, 0.1) is 11.8 Å². The molecule has 16 heavy (non-hydrogen) atoms. The Labute approximate surface area is 100 Å². The summed E-state index contributed by atoms with van der Waals surface area (Å²) >= 11 is 0. The highest BCUT2D eigenvalue weighted by Crippen LogP contribution is 2.20. The van der Waals surface area contributed by atoms with E-state index in [0.717, 1.165) is 19.1 Å². The summed E-state index contributed by atoms with van der Waals surface area (Å²) in [6.45, 7) is 8.58. The number of rotatable bonds is 5. The van der Waals surface area contributed by atoms with Gasteiger partial charge in [-0.2, -0.15) is 0 Å². The maximum Gasteiger partial charge on any atom is 0.0503 e. The number of hydrogen-bond acceptors (Lipinski definition) is 3. The molecule has 1 saturated heterocycles. The molecule has 0 aliphatic carbocycles. The van der Waals surface area contributed by atoms with Crippen molar-refractivity contribution in [1.29, 1.82) is 0 Å². The minimum Gasteiger partial charge on any atom is -0.384 e.